The number of rotatable bonds is 6. The van der Waals surface area contributed by atoms with E-state index in [4.69, 9.17) is 9.47 Å². The Bertz CT molecular complexity index is 908. The van der Waals surface area contributed by atoms with Gasteiger partial charge in [0.1, 0.15) is 5.75 Å². The number of ketones is 1. The number of Topliss-reactive ketones (excluding diaryl/α,β-unsaturated/α-hetero) is 1. The number of nitrogens with zero attached hydrogens (tertiary/aromatic N) is 2. The predicted molar refractivity (Wildman–Crippen MR) is 107 cm³/mol. The van der Waals surface area contributed by atoms with Gasteiger partial charge in [0.2, 0.25) is 0 Å². The molecular weight excluding hydrogens is 372 g/mol. The van der Waals surface area contributed by atoms with E-state index in [0.29, 0.717) is 42.4 Å². The summed E-state index contributed by atoms with van der Waals surface area (Å²) in [5.41, 5.74) is -0.329. The van der Waals surface area contributed by atoms with Crippen LogP contribution in [0.5, 0.6) is 5.75 Å². The van der Waals surface area contributed by atoms with E-state index in [9.17, 15) is 14.7 Å². The van der Waals surface area contributed by atoms with Crippen molar-refractivity contribution in [2.45, 2.75) is 12.0 Å². The average Bonchev–Trinajstić information content (AvgIpc) is 2.96. The molecule has 4 rings (SSSR count). The molecule has 2 aromatic carbocycles. The Morgan fingerprint density at radius 2 is 1.83 bits per heavy atom. The summed E-state index contributed by atoms with van der Waals surface area (Å²) in [6.45, 7) is 3.02. The highest BCUT2D eigenvalue weighted by Gasteiger charge is 2.51. The van der Waals surface area contributed by atoms with Crippen LogP contribution in [0.25, 0.3) is 0 Å². The van der Waals surface area contributed by atoms with Gasteiger partial charge in [-0.05, 0) is 30.3 Å². The van der Waals surface area contributed by atoms with Gasteiger partial charge < -0.3 is 14.6 Å². The molecule has 7 nitrogen and oxygen atoms in total. The third kappa shape index (κ3) is 3.64. The maximum Gasteiger partial charge on any atom is 0.265 e. The molecule has 2 aromatic rings. The number of para-hydroxylation sites is 1. The van der Waals surface area contributed by atoms with Crippen LogP contribution >= 0.6 is 0 Å². The topological polar surface area (TPSA) is 79.3 Å². The third-order valence-corrected chi connectivity index (χ3v) is 5.51. The van der Waals surface area contributed by atoms with E-state index in [0.717, 1.165) is 13.1 Å². The quantitative estimate of drug-likeness (QED) is 0.750. The van der Waals surface area contributed by atoms with Crippen molar-refractivity contribution in [3.63, 3.8) is 0 Å². The molecule has 0 aliphatic carbocycles. The van der Waals surface area contributed by atoms with Crippen molar-refractivity contribution in [1.29, 1.82) is 0 Å². The number of carbonyl (C=O) groups excluding carboxylic acids is 2. The molecule has 2 heterocycles. The van der Waals surface area contributed by atoms with Gasteiger partial charge in [0, 0.05) is 24.2 Å². The molecule has 1 N–H and O–H groups in total. The summed E-state index contributed by atoms with van der Waals surface area (Å²) in [5.74, 6) is -0.127. The summed E-state index contributed by atoms with van der Waals surface area (Å²) >= 11 is 0. The van der Waals surface area contributed by atoms with E-state index in [1.807, 2.05) is 12.1 Å². The van der Waals surface area contributed by atoms with Crippen molar-refractivity contribution in [1.82, 2.24) is 4.90 Å². The first-order chi connectivity index (χ1) is 14.0. The Balaban J connectivity index is 1.59. The van der Waals surface area contributed by atoms with Crippen LogP contribution < -0.4 is 9.64 Å². The highest BCUT2D eigenvalue weighted by atomic mass is 16.5. The maximum absolute atomic E-state index is 13.3. The Kier molecular flexibility index (Phi) is 5.36. The molecule has 0 bridgehead atoms. The van der Waals surface area contributed by atoms with E-state index in [-0.39, 0.29) is 12.2 Å². The Hall–Kier alpha value is -2.74. The summed E-state index contributed by atoms with van der Waals surface area (Å²) in [7, 11) is 1.55. The molecule has 29 heavy (non-hydrogen) atoms. The van der Waals surface area contributed by atoms with Gasteiger partial charge in [-0.15, -0.1) is 0 Å². The molecule has 1 saturated heterocycles. The number of benzene rings is 2. The number of amides is 1. The molecule has 2 aliphatic heterocycles. The lowest BCUT2D eigenvalue weighted by atomic mass is 9.88. The fraction of sp³-hybridized carbons (Fsp3) is 0.364. The highest BCUT2D eigenvalue weighted by molar-refractivity contribution is 6.10. The SMILES string of the molecule is COc1ccc(C(=O)CC2(O)C(=O)N(CN3CCOCC3)c3ccccc32)cc1. The monoisotopic (exact) mass is 396 g/mol. The minimum absolute atomic E-state index is 0.300. The number of fused-ring (bicyclic) bond motifs is 1. The van der Waals surface area contributed by atoms with Gasteiger partial charge in [-0.2, -0.15) is 0 Å². The minimum Gasteiger partial charge on any atom is -0.497 e. The van der Waals surface area contributed by atoms with E-state index in [1.165, 1.54) is 0 Å². The number of anilines is 1. The van der Waals surface area contributed by atoms with Crippen LogP contribution in [0.3, 0.4) is 0 Å². The average molecular weight is 396 g/mol. The smallest absolute Gasteiger partial charge is 0.265 e. The van der Waals surface area contributed by atoms with E-state index in [2.05, 4.69) is 4.90 Å². The lowest BCUT2D eigenvalue weighted by Crippen LogP contribution is -2.49. The van der Waals surface area contributed by atoms with Crippen LogP contribution in [0.1, 0.15) is 22.3 Å². The second-order valence-corrected chi connectivity index (χ2v) is 7.31. The zero-order valence-electron chi connectivity index (χ0n) is 16.3. The molecule has 1 amide bonds. The summed E-state index contributed by atoms with van der Waals surface area (Å²) in [6.07, 6.45) is -0.311. The fourth-order valence-corrected chi connectivity index (χ4v) is 3.87. The molecular formula is C22H24N2O5. The Morgan fingerprint density at radius 3 is 2.52 bits per heavy atom. The number of morpholine rings is 1. The van der Waals surface area contributed by atoms with Crippen molar-refractivity contribution < 1.29 is 24.2 Å². The Morgan fingerprint density at radius 1 is 1.14 bits per heavy atom. The zero-order chi connectivity index (χ0) is 20.4. The van der Waals surface area contributed by atoms with Crippen LogP contribution in [-0.2, 0) is 15.1 Å². The fourth-order valence-electron chi connectivity index (χ4n) is 3.87. The summed E-state index contributed by atoms with van der Waals surface area (Å²) in [4.78, 5) is 29.8. The van der Waals surface area contributed by atoms with Gasteiger partial charge in [0.25, 0.3) is 5.91 Å². The van der Waals surface area contributed by atoms with Gasteiger partial charge in [-0.3, -0.25) is 19.4 Å². The molecule has 1 atom stereocenters. The van der Waals surface area contributed by atoms with E-state index < -0.39 is 11.5 Å². The first kappa shape index (κ1) is 19.6. The number of aliphatic hydroxyl groups is 1. The van der Waals surface area contributed by atoms with Crippen LogP contribution in [0.15, 0.2) is 48.5 Å². The van der Waals surface area contributed by atoms with Crippen molar-refractivity contribution in [2.75, 3.05) is 45.0 Å². The second kappa shape index (κ2) is 7.94. The number of ether oxygens (including phenoxy) is 2. The predicted octanol–water partition coefficient (Wildman–Crippen LogP) is 1.79. The maximum atomic E-state index is 13.3. The minimum atomic E-state index is -1.88. The molecule has 152 valence electrons. The molecule has 7 heteroatoms. The van der Waals surface area contributed by atoms with Crippen LogP contribution in [0.4, 0.5) is 5.69 Å². The second-order valence-electron chi connectivity index (χ2n) is 7.31. The number of hydrogen-bond donors (Lipinski definition) is 1. The van der Waals surface area contributed by atoms with Crippen molar-refractivity contribution >= 4 is 17.4 Å². The standard InChI is InChI=1S/C22H24N2O5/c1-28-17-8-6-16(7-9-17)20(25)14-22(27)18-4-2-3-5-19(18)24(21(22)26)15-23-10-12-29-13-11-23/h2-9,27H,10-15H2,1H3. The van der Waals surface area contributed by atoms with Gasteiger partial charge >= 0.3 is 0 Å². The molecule has 0 radical (unpaired) electrons. The van der Waals surface area contributed by atoms with Gasteiger partial charge in [0.15, 0.2) is 11.4 Å². The molecule has 0 saturated carbocycles. The zero-order valence-corrected chi connectivity index (χ0v) is 16.3. The number of methoxy groups -OCH3 is 1. The first-order valence-electron chi connectivity index (χ1n) is 9.64. The van der Waals surface area contributed by atoms with Crippen molar-refractivity contribution in [3.8, 4) is 5.75 Å². The van der Waals surface area contributed by atoms with Gasteiger partial charge in [0.05, 0.1) is 39.1 Å². The Labute approximate surface area is 169 Å². The largest absolute Gasteiger partial charge is 0.497 e. The van der Waals surface area contributed by atoms with Gasteiger partial charge in [-0.25, -0.2) is 0 Å². The number of carbonyl (C=O) groups is 2. The van der Waals surface area contributed by atoms with E-state index >= 15 is 0 Å². The van der Waals surface area contributed by atoms with Crippen LogP contribution in [0.2, 0.25) is 0 Å². The van der Waals surface area contributed by atoms with Crippen LogP contribution in [0, 0.1) is 0 Å². The first-order valence-corrected chi connectivity index (χ1v) is 9.64. The lowest BCUT2D eigenvalue weighted by molar-refractivity contribution is -0.136. The van der Waals surface area contributed by atoms with Crippen molar-refractivity contribution in [2.24, 2.45) is 0 Å². The molecule has 1 fully saturated rings. The highest BCUT2D eigenvalue weighted by Crippen LogP contribution is 2.43. The summed E-state index contributed by atoms with van der Waals surface area (Å²) < 4.78 is 10.5. The summed E-state index contributed by atoms with van der Waals surface area (Å²) in [5, 5.41) is 11.4. The molecule has 1 unspecified atom stereocenters. The lowest BCUT2D eigenvalue weighted by Gasteiger charge is -2.31. The summed E-state index contributed by atoms with van der Waals surface area (Å²) in [6, 6.07) is 13.8. The molecule has 2 aliphatic rings. The van der Waals surface area contributed by atoms with E-state index in [1.54, 1.807) is 48.4 Å². The number of hydrogen-bond acceptors (Lipinski definition) is 6. The molecule has 0 spiro atoms. The van der Waals surface area contributed by atoms with Crippen LogP contribution in [-0.4, -0.2) is 61.8 Å². The van der Waals surface area contributed by atoms with Gasteiger partial charge in [-0.1, -0.05) is 18.2 Å². The third-order valence-electron chi connectivity index (χ3n) is 5.51. The normalized spacial score (nSPS) is 21.9. The molecule has 0 aromatic heterocycles. The van der Waals surface area contributed by atoms with Crippen molar-refractivity contribution in [3.05, 3.63) is 59.7 Å².